The number of hydrogen-bond acceptors (Lipinski definition) is 6. The van der Waals surface area contributed by atoms with Crippen molar-refractivity contribution in [3.8, 4) is 22.5 Å². The third-order valence-electron chi connectivity index (χ3n) is 7.32. The quantitative estimate of drug-likeness (QED) is 0.273. The van der Waals surface area contributed by atoms with Crippen LogP contribution >= 0.6 is 0 Å². The zero-order chi connectivity index (χ0) is 27.4. The van der Waals surface area contributed by atoms with Crippen molar-refractivity contribution in [2.45, 2.75) is 44.6 Å². The van der Waals surface area contributed by atoms with Crippen molar-refractivity contribution in [3.63, 3.8) is 0 Å². The molecule has 0 spiro atoms. The zero-order valence-electron chi connectivity index (χ0n) is 22.1. The van der Waals surface area contributed by atoms with Crippen LogP contribution in [0.3, 0.4) is 0 Å². The van der Waals surface area contributed by atoms with Gasteiger partial charge in [-0.1, -0.05) is 84.0 Å². The summed E-state index contributed by atoms with van der Waals surface area (Å²) in [4.78, 5) is 25.1. The average molecular weight is 525 g/mol. The van der Waals surface area contributed by atoms with Crippen LogP contribution in [0.4, 0.5) is 0 Å². The van der Waals surface area contributed by atoms with Crippen LogP contribution in [0.15, 0.2) is 83.4 Å². The van der Waals surface area contributed by atoms with Crippen LogP contribution in [0, 0.1) is 6.92 Å². The van der Waals surface area contributed by atoms with Crippen molar-refractivity contribution in [2.24, 2.45) is 0 Å². The summed E-state index contributed by atoms with van der Waals surface area (Å²) in [6.45, 7) is 4.33. The van der Waals surface area contributed by atoms with E-state index in [0.717, 1.165) is 35.1 Å². The molecular formula is C32H32N2O5. The van der Waals surface area contributed by atoms with Crippen LogP contribution in [-0.4, -0.2) is 35.3 Å². The molecule has 1 heterocycles. The minimum atomic E-state index is -1.40. The number of amides is 1. The van der Waals surface area contributed by atoms with E-state index >= 15 is 0 Å². The van der Waals surface area contributed by atoms with Gasteiger partial charge < -0.3 is 19.7 Å². The minimum absolute atomic E-state index is 0.146. The average Bonchev–Trinajstić information content (AvgIpc) is 3.70. The molecule has 1 amide bonds. The predicted octanol–water partition coefficient (Wildman–Crippen LogP) is 5.30. The second-order valence-corrected chi connectivity index (χ2v) is 9.90. The largest absolute Gasteiger partial charge is 0.465 e. The summed E-state index contributed by atoms with van der Waals surface area (Å²) in [5.74, 6) is -0.274. The summed E-state index contributed by atoms with van der Waals surface area (Å²) >= 11 is 0. The number of carbonyl (C=O) groups excluding carboxylic acids is 2. The molecule has 1 atom stereocenters. The van der Waals surface area contributed by atoms with Crippen molar-refractivity contribution < 1.29 is 24.0 Å². The Bertz CT molecular complexity index is 1440. The Morgan fingerprint density at radius 3 is 2.21 bits per heavy atom. The molecule has 1 aliphatic carbocycles. The van der Waals surface area contributed by atoms with Gasteiger partial charge in [0, 0.05) is 12.1 Å². The second-order valence-electron chi connectivity index (χ2n) is 9.90. The first-order chi connectivity index (χ1) is 18.9. The van der Waals surface area contributed by atoms with Crippen LogP contribution in [-0.2, 0) is 26.2 Å². The van der Waals surface area contributed by atoms with E-state index in [4.69, 9.17) is 9.26 Å². The van der Waals surface area contributed by atoms with Gasteiger partial charge in [-0.2, -0.15) is 0 Å². The molecule has 0 aliphatic heterocycles. The van der Waals surface area contributed by atoms with Crippen molar-refractivity contribution in [1.29, 1.82) is 0 Å². The summed E-state index contributed by atoms with van der Waals surface area (Å²) in [5, 5.41) is 17.7. The van der Waals surface area contributed by atoms with E-state index in [-0.39, 0.29) is 5.97 Å². The molecule has 0 saturated heterocycles. The normalized spacial score (nSPS) is 14.4. The van der Waals surface area contributed by atoms with Gasteiger partial charge in [0.1, 0.15) is 0 Å². The fourth-order valence-corrected chi connectivity index (χ4v) is 4.91. The van der Waals surface area contributed by atoms with E-state index in [0.29, 0.717) is 42.2 Å². The summed E-state index contributed by atoms with van der Waals surface area (Å²) < 4.78 is 10.8. The minimum Gasteiger partial charge on any atom is -0.465 e. The van der Waals surface area contributed by atoms with E-state index in [2.05, 4.69) is 10.5 Å². The lowest BCUT2D eigenvalue weighted by Gasteiger charge is -2.15. The van der Waals surface area contributed by atoms with Gasteiger partial charge in [0.2, 0.25) is 0 Å². The standard InChI is InChI=1S/C32H32N2O5/c1-3-38-31(37)32(18-19-32)26-15-13-24(14-16-26)23-9-11-25(12-10-23)29-27(21(2)34-39-29)28(35)30(36)33-20-17-22-7-5-4-6-8-22/h4-16,28,35H,3,17-20H2,1-2H3,(H,33,36). The van der Waals surface area contributed by atoms with Gasteiger partial charge in [0.25, 0.3) is 5.91 Å². The highest BCUT2D eigenvalue weighted by Gasteiger charge is 2.52. The highest BCUT2D eigenvalue weighted by molar-refractivity contribution is 5.87. The lowest BCUT2D eigenvalue weighted by molar-refractivity contribution is -0.146. The molecule has 4 aromatic rings. The van der Waals surface area contributed by atoms with E-state index in [1.807, 2.05) is 85.8 Å². The summed E-state index contributed by atoms with van der Waals surface area (Å²) in [7, 11) is 0. The molecule has 0 bridgehead atoms. The Balaban J connectivity index is 1.27. The smallest absolute Gasteiger partial charge is 0.316 e. The molecule has 1 aliphatic rings. The van der Waals surface area contributed by atoms with Gasteiger partial charge in [0.15, 0.2) is 11.9 Å². The number of aryl methyl sites for hydroxylation is 1. The molecule has 7 heteroatoms. The maximum absolute atomic E-state index is 12.7. The molecular weight excluding hydrogens is 492 g/mol. The molecule has 3 aromatic carbocycles. The number of nitrogens with one attached hydrogen (secondary N) is 1. The molecule has 7 nitrogen and oxygen atoms in total. The zero-order valence-corrected chi connectivity index (χ0v) is 22.1. The molecule has 39 heavy (non-hydrogen) atoms. The van der Waals surface area contributed by atoms with Crippen molar-refractivity contribution in [1.82, 2.24) is 10.5 Å². The lowest BCUT2D eigenvalue weighted by atomic mass is 9.93. The number of nitrogens with zero attached hydrogens (tertiary/aromatic N) is 1. The fraction of sp³-hybridized carbons (Fsp3) is 0.281. The first-order valence-electron chi connectivity index (χ1n) is 13.3. The number of esters is 1. The van der Waals surface area contributed by atoms with Crippen LogP contribution in [0.25, 0.3) is 22.5 Å². The van der Waals surface area contributed by atoms with E-state index in [9.17, 15) is 14.7 Å². The number of carbonyl (C=O) groups is 2. The maximum atomic E-state index is 12.7. The van der Waals surface area contributed by atoms with Gasteiger partial charge in [-0.15, -0.1) is 0 Å². The van der Waals surface area contributed by atoms with Gasteiger partial charge in [0.05, 0.1) is 23.3 Å². The molecule has 1 saturated carbocycles. The Morgan fingerprint density at radius 1 is 0.974 bits per heavy atom. The lowest BCUT2D eigenvalue weighted by Crippen LogP contribution is -2.31. The van der Waals surface area contributed by atoms with Crippen LogP contribution in [0.1, 0.15) is 48.3 Å². The molecule has 5 rings (SSSR count). The van der Waals surface area contributed by atoms with Crippen LogP contribution in [0.2, 0.25) is 0 Å². The molecule has 2 N–H and O–H groups in total. The number of aromatic nitrogens is 1. The highest BCUT2D eigenvalue weighted by Crippen LogP contribution is 2.49. The third kappa shape index (κ3) is 5.49. The fourth-order valence-electron chi connectivity index (χ4n) is 4.91. The maximum Gasteiger partial charge on any atom is 0.316 e. The first-order valence-corrected chi connectivity index (χ1v) is 13.3. The summed E-state index contributed by atoms with van der Waals surface area (Å²) in [6.07, 6.45) is 0.898. The Hall–Kier alpha value is -4.23. The van der Waals surface area contributed by atoms with Gasteiger partial charge in [-0.05, 0) is 55.4 Å². The molecule has 1 aromatic heterocycles. The van der Waals surface area contributed by atoms with Gasteiger partial charge in [-0.25, -0.2) is 0 Å². The second kappa shape index (κ2) is 11.3. The first kappa shape index (κ1) is 26.4. The number of benzene rings is 3. The Labute approximate surface area is 227 Å². The molecule has 0 radical (unpaired) electrons. The highest BCUT2D eigenvalue weighted by atomic mass is 16.5. The van der Waals surface area contributed by atoms with Crippen molar-refractivity contribution in [3.05, 3.63) is 101 Å². The molecule has 1 unspecified atom stereocenters. The Kier molecular flexibility index (Phi) is 7.61. The summed E-state index contributed by atoms with van der Waals surface area (Å²) in [6, 6.07) is 25.5. The third-order valence-corrected chi connectivity index (χ3v) is 7.32. The monoisotopic (exact) mass is 524 g/mol. The van der Waals surface area contributed by atoms with Crippen LogP contribution in [0.5, 0.6) is 0 Å². The van der Waals surface area contributed by atoms with Gasteiger partial charge >= 0.3 is 5.97 Å². The number of hydrogen-bond donors (Lipinski definition) is 2. The Morgan fingerprint density at radius 2 is 1.59 bits per heavy atom. The van der Waals surface area contributed by atoms with E-state index < -0.39 is 17.4 Å². The van der Waals surface area contributed by atoms with Gasteiger partial charge in [-0.3, -0.25) is 9.59 Å². The van der Waals surface area contributed by atoms with Crippen molar-refractivity contribution in [2.75, 3.05) is 13.2 Å². The van der Waals surface area contributed by atoms with Crippen molar-refractivity contribution >= 4 is 11.9 Å². The SMILES string of the molecule is CCOC(=O)C1(c2ccc(-c3ccc(-c4onc(C)c4C(O)C(=O)NCCc4ccccc4)cc3)cc2)CC1. The summed E-state index contributed by atoms with van der Waals surface area (Å²) in [5.41, 5.74) is 5.13. The number of aliphatic hydroxyl groups excluding tert-OH is 1. The topological polar surface area (TPSA) is 102 Å². The molecule has 1 fully saturated rings. The van der Waals surface area contributed by atoms with Crippen LogP contribution < -0.4 is 5.32 Å². The predicted molar refractivity (Wildman–Crippen MR) is 148 cm³/mol. The van der Waals surface area contributed by atoms with E-state index in [1.54, 1.807) is 6.92 Å². The van der Waals surface area contributed by atoms with E-state index in [1.165, 1.54) is 0 Å². The number of ether oxygens (including phenoxy) is 1. The number of rotatable bonds is 10. The number of aliphatic hydroxyl groups is 1. The molecule has 200 valence electrons.